The summed E-state index contributed by atoms with van der Waals surface area (Å²) in [6, 6.07) is 20.3. The number of hydrogen-bond acceptors (Lipinski definition) is 2. The average Bonchev–Trinajstić information content (AvgIpc) is 2.68. The van der Waals surface area contributed by atoms with Crippen molar-refractivity contribution in [3.63, 3.8) is 0 Å². The van der Waals surface area contributed by atoms with Crippen molar-refractivity contribution in [2.45, 2.75) is 13.8 Å². The predicted octanol–water partition coefficient (Wildman–Crippen LogP) is 8.06. The summed E-state index contributed by atoms with van der Waals surface area (Å²) in [5.74, 6) is -0.0625. The Labute approximate surface area is 219 Å². The molecule has 0 saturated carbocycles. The van der Waals surface area contributed by atoms with Crippen molar-refractivity contribution in [2.75, 3.05) is 40.0 Å². The van der Waals surface area contributed by atoms with E-state index in [1.54, 1.807) is 6.08 Å². The minimum absolute atomic E-state index is 0. The van der Waals surface area contributed by atoms with E-state index in [1.807, 2.05) is 54.6 Å². The Bertz CT molecular complexity index is 797. The number of allylic oxidation sites excluding steroid dienone is 5. The molecule has 0 aliphatic carbocycles. The first-order valence-electron chi connectivity index (χ1n) is 10.3. The third-order valence-electron chi connectivity index (χ3n) is 2.83. The molecule has 0 atom stereocenters. The summed E-state index contributed by atoms with van der Waals surface area (Å²) in [5.41, 5.74) is 3.27. The van der Waals surface area contributed by atoms with E-state index in [2.05, 4.69) is 65.1 Å². The molecule has 2 aromatic rings. The molecular formula is C28H40IrO2P2-2. The monoisotopic (exact) mass is 663 g/mol. The van der Waals surface area contributed by atoms with Gasteiger partial charge in [0.25, 0.3) is 0 Å². The molecule has 33 heavy (non-hydrogen) atoms. The van der Waals surface area contributed by atoms with Crippen LogP contribution >= 0.6 is 15.8 Å². The fourth-order valence-corrected chi connectivity index (χ4v) is 1.92. The second-order valence-corrected chi connectivity index (χ2v) is 13.1. The van der Waals surface area contributed by atoms with Crippen LogP contribution in [0.3, 0.4) is 0 Å². The molecule has 2 aromatic carbocycles. The van der Waals surface area contributed by atoms with Gasteiger partial charge in [0.1, 0.15) is 0 Å². The molecule has 2 nitrogen and oxygen atoms in total. The van der Waals surface area contributed by atoms with Crippen LogP contribution < -0.4 is 0 Å². The van der Waals surface area contributed by atoms with Crippen LogP contribution in [0.1, 0.15) is 25.0 Å². The Kier molecular flexibility index (Phi) is 25.9. The van der Waals surface area contributed by atoms with Crippen LogP contribution in [0.2, 0.25) is 0 Å². The number of hydrogen-bond donors (Lipinski definition) is 1. The van der Waals surface area contributed by atoms with Crippen molar-refractivity contribution in [1.29, 1.82) is 0 Å². The van der Waals surface area contributed by atoms with Crippen molar-refractivity contribution < 1.29 is 30.0 Å². The van der Waals surface area contributed by atoms with Crippen LogP contribution in [0.5, 0.6) is 0 Å². The van der Waals surface area contributed by atoms with Crippen molar-refractivity contribution in [3.8, 4) is 0 Å². The normalized spacial score (nSPS) is 10.7. The van der Waals surface area contributed by atoms with E-state index < -0.39 is 0 Å². The zero-order valence-corrected chi connectivity index (χ0v) is 25.5. The van der Waals surface area contributed by atoms with Crippen molar-refractivity contribution in [1.82, 2.24) is 0 Å². The SMILES string of the molecule is CC(=O)/C=C(/C)O.CP(C)C.CP(C)C.[CH2-]/C=C\C(=[C-]c1ccccc1)c1ccccc1.[Ir]. The molecule has 185 valence electrons. The fourth-order valence-electron chi connectivity index (χ4n) is 1.92. The molecule has 2 rings (SSSR count). The van der Waals surface area contributed by atoms with Gasteiger partial charge in [-0.3, -0.25) is 4.79 Å². The number of aliphatic hydroxyl groups is 1. The summed E-state index contributed by atoms with van der Waals surface area (Å²) in [4.78, 5) is 10.0. The van der Waals surface area contributed by atoms with Gasteiger partial charge in [-0.25, -0.2) is 6.92 Å². The maximum absolute atomic E-state index is 10.0. The number of benzene rings is 2. The molecule has 0 heterocycles. The first kappa shape index (κ1) is 36.1. The van der Waals surface area contributed by atoms with Gasteiger partial charge in [0.2, 0.25) is 0 Å². The number of rotatable bonds is 4. The summed E-state index contributed by atoms with van der Waals surface area (Å²) < 4.78 is 0. The van der Waals surface area contributed by atoms with Crippen LogP contribution in [0.4, 0.5) is 0 Å². The topological polar surface area (TPSA) is 37.3 Å². The van der Waals surface area contributed by atoms with Crippen molar-refractivity contribution >= 4 is 27.2 Å². The molecule has 0 fully saturated rings. The van der Waals surface area contributed by atoms with Crippen molar-refractivity contribution in [3.05, 3.63) is 109 Å². The first-order valence-corrected chi connectivity index (χ1v) is 15.7. The van der Waals surface area contributed by atoms with Gasteiger partial charge in [0, 0.05) is 26.2 Å². The van der Waals surface area contributed by atoms with Gasteiger partial charge in [0.15, 0.2) is 5.78 Å². The average molecular weight is 663 g/mol. The van der Waals surface area contributed by atoms with Gasteiger partial charge in [0.05, 0.1) is 5.76 Å². The number of carbonyl (C=O) groups is 1. The van der Waals surface area contributed by atoms with Crippen molar-refractivity contribution in [2.24, 2.45) is 0 Å². The summed E-state index contributed by atoms with van der Waals surface area (Å²) in [5, 5.41) is 8.36. The van der Waals surface area contributed by atoms with E-state index >= 15 is 0 Å². The summed E-state index contributed by atoms with van der Waals surface area (Å²) in [7, 11) is 0.759. The van der Waals surface area contributed by atoms with E-state index in [4.69, 9.17) is 5.11 Å². The third kappa shape index (κ3) is 28.5. The molecule has 0 saturated heterocycles. The Morgan fingerprint density at radius 3 is 1.55 bits per heavy atom. The number of carbonyl (C=O) groups excluding carboxylic acids is 1. The maximum atomic E-state index is 10.0. The first-order chi connectivity index (χ1) is 15.0. The second kappa shape index (κ2) is 23.7. The molecule has 0 aliphatic rings. The quantitative estimate of drug-likeness (QED) is 0.0899. The van der Waals surface area contributed by atoms with E-state index in [9.17, 15) is 4.79 Å². The Morgan fingerprint density at radius 1 is 0.848 bits per heavy atom. The molecule has 1 radical (unpaired) electrons. The minimum atomic E-state index is -0.125. The molecule has 1 N–H and O–H groups in total. The van der Waals surface area contributed by atoms with Gasteiger partial charge in [-0.1, -0.05) is 54.1 Å². The van der Waals surface area contributed by atoms with Crippen LogP contribution in [0.25, 0.3) is 5.57 Å². The smallest absolute Gasteiger partial charge is 0.155 e. The Balaban J connectivity index is -0.000000469. The summed E-state index contributed by atoms with van der Waals surface area (Å²) >= 11 is 0. The third-order valence-corrected chi connectivity index (χ3v) is 2.83. The largest absolute Gasteiger partial charge is 0.512 e. The summed E-state index contributed by atoms with van der Waals surface area (Å²) in [6.45, 7) is 20.0. The van der Waals surface area contributed by atoms with Crippen LogP contribution in [-0.4, -0.2) is 50.9 Å². The van der Waals surface area contributed by atoms with E-state index in [0.717, 1.165) is 16.7 Å². The van der Waals surface area contributed by atoms with E-state index in [0.29, 0.717) is 15.8 Å². The predicted molar refractivity (Wildman–Crippen MR) is 150 cm³/mol. The summed E-state index contributed by atoms with van der Waals surface area (Å²) in [6.07, 6.45) is 8.32. The molecule has 0 bridgehead atoms. The number of ketones is 1. The van der Waals surface area contributed by atoms with Gasteiger partial charge >= 0.3 is 0 Å². The van der Waals surface area contributed by atoms with Crippen LogP contribution in [0, 0.1) is 13.0 Å². The van der Waals surface area contributed by atoms with Gasteiger partial charge < -0.3 is 5.11 Å². The van der Waals surface area contributed by atoms with E-state index in [1.165, 1.54) is 19.9 Å². The molecule has 0 aromatic heterocycles. The zero-order valence-electron chi connectivity index (χ0n) is 21.3. The minimum Gasteiger partial charge on any atom is -0.512 e. The molecule has 0 amide bonds. The maximum Gasteiger partial charge on any atom is 0.155 e. The molecule has 0 unspecified atom stereocenters. The van der Waals surface area contributed by atoms with E-state index in [-0.39, 0.29) is 31.6 Å². The molecular weight excluding hydrogens is 622 g/mol. The zero-order chi connectivity index (χ0) is 24.9. The Morgan fingerprint density at radius 2 is 1.24 bits per heavy atom. The van der Waals surface area contributed by atoms with Gasteiger partial charge in [-0.15, -0.1) is 51.3 Å². The number of aliphatic hydroxyl groups excluding tert-OH is 1. The van der Waals surface area contributed by atoms with Crippen LogP contribution in [-0.2, 0) is 24.9 Å². The second-order valence-electron chi connectivity index (χ2n) is 7.75. The van der Waals surface area contributed by atoms with Gasteiger partial charge in [-0.05, 0) is 53.8 Å². The van der Waals surface area contributed by atoms with Crippen LogP contribution in [0.15, 0.2) is 84.7 Å². The van der Waals surface area contributed by atoms with Gasteiger partial charge in [-0.2, -0.15) is 6.08 Å². The molecule has 5 heteroatoms. The Hall–Kier alpha value is -1.49. The standard InChI is InChI=1S/C17H14.C5H8O2.2C3H9P.Ir/c1-2-9-17(16-12-7-4-8-13-16)14-15-10-5-3-6-11-15;1-4(6)3-5(2)7;2*1-4(2)3;/h2-13H,1H2;3,6H,1-2H3;2*1-3H3;/q-2;;;;/b9-2-;4-3-;;;. The molecule has 0 spiro atoms. The molecule has 0 aliphatic heterocycles. The fraction of sp³-hybridized carbons (Fsp3) is 0.286.